The van der Waals surface area contributed by atoms with Crippen LogP contribution < -0.4 is 5.01 Å². The first kappa shape index (κ1) is 14.6. The van der Waals surface area contributed by atoms with Crippen LogP contribution in [0.2, 0.25) is 0 Å². The topological polar surface area (TPSA) is 41.9 Å². The van der Waals surface area contributed by atoms with Crippen molar-refractivity contribution in [1.29, 1.82) is 0 Å². The van der Waals surface area contributed by atoms with E-state index in [-0.39, 0.29) is 12.0 Å². The Morgan fingerprint density at radius 1 is 1.35 bits per heavy atom. The molecule has 1 aliphatic heterocycles. The van der Waals surface area contributed by atoms with Gasteiger partial charge in [-0.2, -0.15) is 5.10 Å². The van der Waals surface area contributed by atoms with Crippen LogP contribution in [-0.2, 0) is 9.53 Å². The van der Waals surface area contributed by atoms with Gasteiger partial charge in [0.05, 0.1) is 18.3 Å². The fourth-order valence-corrected chi connectivity index (χ4v) is 2.41. The van der Waals surface area contributed by atoms with Crippen LogP contribution in [0.25, 0.3) is 0 Å². The molecule has 0 saturated carbocycles. The monoisotopic (exact) mass is 274 g/mol. The van der Waals surface area contributed by atoms with E-state index in [1.54, 1.807) is 0 Å². The molecule has 20 heavy (non-hydrogen) atoms. The molecule has 0 bridgehead atoms. The van der Waals surface area contributed by atoms with Crippen LogP contribution in [0.1, 0.15) is 39.5 Å². The molecule has 1 atom stereocenters. The van der Waals surface area contributed by atoms with Crippen LogP contribution in [0.3, 0.4) is 0 Å². The van der Waals surface area contributed by atoms with Crippen molar-refractivity contribution in [1.82, 2.24) is 0 Å². The van der Waals surface area contributed by atoms with Gasteiger partial charge in [0, 0.05) is 6.42 Å². The van der Waals surface area contributed by atoms with Gasteiger partial charge in [-0.05, 0) is 25.5 Å². The largest absolute Gasteiger partial charge is 0.461 e. The number of para-hydroxylation sites is 1. The summed E-state index contributed by atoms with van der Waals surface area (Å²) in [4.78, 5) is 11.9. The first-order valence-electron chi connectivity index (χ1n) is 7.35. The third-order valence-electron chi connectivity index (χ3n) is 3.43. The average Bonchev–Trinajstić information content (AvgIpc) is 2.90. The Balaban J connectivity index is 2.16. The molecule has 0 N–H and O–H groups in total. The Morgan fingerprint density at radius 2 is 2.10 bits per heavy atom. The minimum Gasteiger partial charge on any atom is -0.461 e. The summed E-state index contributed by atoms with van der Waals surface area (Å²) < 4.78 is 5.07. The molecule has 1 aliphatic rings. The van der Waals surface area contributed by atoms with E-state index >= 15 is 0 Å². The molecule has 4 heteroatoms. The summed E-state index contributed by atoms with van der Waals surface area (Å²) in [6.07, 6.45) is 4.00. The first-order valence-corrected chi connectivity index (χ1v) is 7.35. The van der Waals surface area contributed by atoms with Crippen molar-refractivity contribution in [2.75, 3.05) is 11.6 Å². The predicted octanol–water partition coefficient (Wildman–Crippen LogP) is 3.37. The minimum atomic E-state index is -0.285. The van der Waals surface area contributed by atoms with Gasteiger partial charge in [0.2, 0.25) is 0 Å². The van der Waals surface area contributed by atoms with Crippen molar-refractivity contribution < 1.29 is 9.53 Å². The molecule has 1 aromatic rings. The summed E-state index contributed by atoms with van der Waals surface area (Å²) in [7, 11) is 0. The molecule has 0 fully saturated rings. The van der Waals surface area contributed by atoms with Crippen LogP contribution in [-0.4, -0.2) is 24.3 Å². The highest BCUT2D eigenvalue weighted by Gasteiger charge is 2.31. The third kappa shape index (κ3) is 3.38. The zero-order chi connectivity index (χ0) is 14.4. The van der Waals surface area contributed by atoms with Crippen LogP contribution >= 0.6 is 0 Å². The summed E-state index contributed by atoms with van der Waals surface area (Å²) in [6.45, 7) is 4.38. The van der Waals surface area contributed by atoms with Crippen LogP contribution in [0.5, 0.6) is 0 Å². The number of hydrogen-bond acceptors (Lipinski definition) is 4. The van der Waals surface area contributed by atoms with Gasteiger partial charge in [-0.15, -0.1) is 0 Å². The highest BCUT2D eigenvalue weighted by Crippen LogP contribution is 2.27. The summed E-state index contributed by atoms with van der Waals surface area (Å²) in [6, 6.07) is 10.3. The van der Waals surface area contributed by atoms with Gasteiger partial charge in [0.15, 0.2) is 0 Å². The Labute approximate surface area is 120 Å². The lowest BCUT2D eigenvalue weighted by atomic mass is 10.0. The fourth-order valence-electron chi connectivity index (χ4n) is 2.41. The fraction of sp³-hybridized carbons (Fsp3) is 0.500. The molecule has 0 radical (unpaired) electrons. The summed E-state index contributed by atoms with van der Waals surface area (Å²) in [5.41, 5.74) is 1.57. The second-order valence-electron chi connectivity index (χ2n) is 4.95. The molecule has 4 nitrogen and oxygen atoms in total. The lowest BCUT2D eigenvalue weighted by Crippen LogP contribution is -2.26. The second-order valence-corrected chi connectivity index (χ2v) is 4.95. The summed E-state index contributed by atoms with van der Waals surface area (Å²) >= 11 is 0. The molecule has 108 valence electrons. The van der Waals surface area contributed by atoms with E-state index in [0.717, 1.165) is 24.9 Å². The van der Waals surface area contributed by atoms with Gasteiger partial charge in [-0.25, -0.2) is 4.79 Å². The quantitative estimate of drug-likeness (QED) is 0.747. The Kier molecular flexibility index (Phi) is 5.16. The molecule has 1 aromatic carbocycles. The van der Waals surface area contributed by atoms with Crippen molar-refractivity contribution in [3.8, 4) is 0 Å². The molecule has 0 aliphatic carbocycles. The molecule has 0 spiro atoms. The standard InChI is InChI=1S/C16H22N2O2/c1-3-5-9-14-12-15(16(19)20-4-2)17-18(14)13-10-7-6-8-11-13/h6-8,10-11,14H,3-5,9,12H2,1-2H3. The number of rotatable bonds is 6. The number of hydrogen-bond donors (Lipinski definition) is 0. The number of esters is 1. The molecule has 0 aromatic heterocycles. The van der Waals surface area contributed by atoms with Crippen molar-refractivity contribution in [2.24, 2.45) is 5.10 Å². The lowest BCUT2D eigenvalue weighted by Gasteiger charge is -2.23. The van der Waals surface area contributed by atoms with E-state index in [9.17, 15) is 4.79 Å². The Hall–Kier alpha value is -1.84. The van der Waals surface area contributed by atoms with Gasteiger partial charge in [-0.1, -0.05) is 38.0 Å². The zero-order valence-electron chi connectivity index (χ0n) is 12.2. The molecule has 1 unspecified atom stereocenters. The van der Waals surface area contributed by atoms with Gasteiger partial charge in [0.1, 0.15) is 5.71 Å². The van der Waals surface area contributed by atoms with Gasteiger partial charge < -0.3 is 4.74 Å². The van der Waals surface area contributed by atoms with E-state index in [4.69, 9.17) is 4.74 Å². The molecule has 2 rings (SSSR count). The summed E-state index contributed by atoms with van der Waals surface area (Å²) in [5, 5.41) is 6.46. The maximum Gasteiger partial charge on any atom is 0.354 e. The molecule has 1 heterocycles. The van der Waals surface area contributed by atoms with E-state index in [1.807, 2.05) is 42.3 Å². The highest BCUT2D eigenvalue weighted by atomic mass is 16.5. The third-order valence-corrected chi connectivity index (χ3v) is 3.43. The number of anilines is 1. The smallest absolute Gasteiger partial charge is 0.354 e. The molecular formula is C16H22N2O2. The SMILES string of the molecule is CCCCC1CC(C(=O)OCC)=NN1c1ccccc1. The lowest BCUT2D eigenvalue weighted by molar-refractivity contribution is -0.135. The highest BCUT2D eigenvalue weighted by molar-refractivity contribution is 6.37. The predicted molar refractivity (Wildman–Crippen MR) is 80.9 cm³/mol. The first-order chi connectivity index (χ1) is 9.76. The van der Waals surface area contributed by atoms with E-state index in [1.165, 1.54) is 0 Å². The number of carbonyl (C=O) groups excluding carboxylic acids is 1. The van der Waals surface area contributed by atoms with E-state index in [0.29, 0.717) is 18.7 Å². The van der Waals surface area contributed by atoms with Crippen molar-refractivity contribution in [3.05, 3.63) is 30.3 Å². The number of unbranched alkanes of at least 4 members (excludes halogenated alkanes) is 1. The average molecular weight is 274 g/mol. The normalized spacial score (nSPS) is 18.0. The van der Waals surface area contributed by atoms with E-state index < -0.39 is 0 Å². The minimum absolute atomic E-state index is 0.261. The Bertz CT molecular complexity index is 471. The van der Waals surface area contributed by atoms with Crippen molar-refractivity contribution >= 4 is 17.4 Å². The van der Waals surface area contributed by atoms with Gasteiger partial charge >= 0.3 is 5.97 Å². The Morgan fingerprint density at radius 3 is 2.75 bits per heavy atom. The molecule has 0 saturated heterocycles. The van der Waals surface area contributed by atoms with Gasteiger partial charge in [-0.3, -0.25) is 5.01 Å². The number of nitrogens with zero attached hydrogens (tertiary/aromatic N) is 2. The van der Waals surface area contributed by atoms with Crippen LogP contribution in [0, 0.1) is 0 Å². The number of benzene rings is 1. The van der Waals surface area contributed by atoms with Crippen molar-refractivity contribution in [3.63, 3.8) is 0 Å². The maximum absolute atomic E-state index is 11.9. The second kappa shape index (κ2) is 7.08. The number of carbonyl (C=O) groups is 1. The van der Waals surface area contributed by atoms with E-state index in [2.05, 4.69) is 12.0 Å². The zero-order valence-corrected chi connectivity index (χ0v) is 12.2. The molecular weight excluding hydrogens is 252 g/mol. The van der Waals surface area contributed by atoms with Crippen LogP contribution in [0.15, 0.2) is 35.4 Å². The van der Waals surface area contributed by atoms with Crippen molar-refractivity contribution in [2.45, 2.75) is 45.6 Å². The van der Waals surface area contributed by atoms with Crippen LogP contribution in [0.4, 0.5) is 5.69 Å². The maximum atomic E-state index is 11.9. The van der Waals surface area contributed by atoms with Gasteiger partial charge in [0.25, 0.3) is 0 Å². The number of hydrazone groups is 1. The summed E-state index contributed by atoms with van der Waals surface area (Å²) in [5.74, 6) is -0.285. The molecule has 0 amide bonds. The number of ether oxygens (including phenoxy) is 1.